The Morgan fingerprint density at radius 3 is 2.45 bits per heavy atom. The van der Waals surface area contributed by atoms with Crippen molar-refractivity contribution < 1.29 is 23.1 Å². The van der Waals surface area contributed by atoms with Crippen LogP contribution in [0.2, 0.25) is 0 Å². The van der Waals surface area contributed by atoms with E-state index in [1.54, 1.807) is 6.92 Å². The standard InChI is InChI=1S/C13H16F2N2O3/c1-2-20-13(19)3-4-16-8-12(18)17-11-6-9(14)5-10(15)7-11/h5-7,16H,2-4,8H2,1H3,(H,17,18). The summed E-state index contributed by atoms with van der Waals surface area (Å²) >= 11 is 0. The molecule has 110 valence electrons. The molecule has 0 aliphatic heterocycles. The van der Waals surface area contributed by atoms with E-state index in [0.717, 1.165) is 12.1 Å². The highest BCUT2D eigenvalue weighted by atomic mass is 19.1. The van der Waals surface area contributed by atoms with E-state index >= 15 is 0 Å². The zero-order valence-electron chi connectivity index (χ0n) is 11.0. The van der Waals surface area contributed by atoms with Gasteiger partial charge in [0.05, 0.1) is 19.6 Å². The van der Waals surface area contributed by atoms with Crippen LogP contribution in [0.15, 0.2) is 18.2 Å². The summed E-state index contributed by atoms with van der Waals surface area (Å²) in [4.78, 5) is 22.5. The molecular formula is C13H16F2N2O3. The normalized spacial score (nSPS) is 10.2. The first-order valence-corrected chi connectivity index (χ1v) is 6.13. The molecule has 0 radical (unpaired) electrons. The molecular weight excluding hydrogens is 270 g/mol. The van der Waals surface area contributed by atoms with Crippen molar-refractivity contribution in [2.75, 3.05) is 25.0 Å². The molecule has 1 amide bonds. The number of amides is 1. The molecule has 7 heteroatoms. The van der Waals surface area contributed by atoms with Gasteiger partial charge in [-0.1, -0.05) is 0 Å². The highest BCUT2D eigenvalue weighted by Crippen LogP contribution is 2.12. The topological polar surface area (TPSA) is 67.4 Å². The lowest BCUT2D eigenvalue weighted by molar-refractivity contribution is -0.143. The number of carbonyl (C=O) groups excluding carboxylic acids is 2. The molecule has 5 nitrogen and oxygen atoms in total. The van der Waals surface area contributed by atoms with Crippen molar-refractivity contribution in [2.24, 2.45) is 0 Å². The minimum Gasteiger partial charge on any atom is -0.466 e. The third-order valence-electron chi connectivity index (χ3n) is 2.24. The highest BCUT2D eigenvalue weighted by molar-refractivity contribution is 5.92. The van der Waals surface area contributed by atoms with Gasteiger partial charge in [-0.05, 0) is 19.1 Å². The number of rotatable bonds is 7. The lowest BCUT2D eigenvalue weighted by Gasteiger charge is -2.07. The zero-order valence-corrected chi connectivity index (χ0v) is 11.0. The number of hydrogen-bond acceptors (Lipinski definition) is 4. The quantitative estimate of drug-likeness (QED) is 0.588. The maximum Gasteiger partial charge on any atom is 0.307 e. The molecule has 2 N–H and O–H groups in total. The molecule has 1 rings (SSSR count). The first-order valence-electron chi connectivity index (χ1n) is 6.13. The fourth-order valence-corrected chi connectivity index (χ4v) is 1.46. The van der Waals surface area contributed by atoms with E-state index in [0.29, 0.717) is 12.7 Å². The number of ether oxygens (including phenoxy) is 1. The summed E-state index contributed by atoms with van der Waals surface area (Å²) in [7, 11) is 0. The van der Waals surface area contributed by atoms with Gasteiger partial charge in [-0.15, -0.1) is 0 Å². The van der Waals surface area contributed by atoms with Crippen molar-refractivity contribution in [3.8, 4) is 0 Å². The van der Waals surface area contributed by atoms with Crippen molar-refractivity contribution in [3.63, 3.8) is 0 Å². The van der Waals surface area contributed by atoms with Crippen LogP contribution in [0.25, 0.3) is 0 Å². The maximum atomic E-state index is 12.9. The van der Waals surface area contributed by atoms with E-state index in [1.165, 1.54) is 0 Å². The Kier molecular flexibility index (Phi) is 6.58. The van der Waals surface area contributed by atoms with Gasteiger partial charge in [0.15, 0.2) is 0 Å². The average molecular weight is 286 g/mol. The van der Waals surface area contributed by atoms with Gasteiger partial charge in [-0.2, -0.15) is 0 Å². The molecule has 0 saturated carbocycles. The van der Waals surface area contributed by atoms with Crippen molar-refractivity contribution in [1.29, 1.82) is 0 Å². The van der Waals surface area contributed by atoms with Crippen LogP contribution in [0.1, 0.15) is 13.3 Å². The van der Waals surface area contributed by atoms with Crippen molar-refractivity contribution >= 4 is 17.6 Å². The number of halogens is 2. The van der Waals surface area contributed by atoms with Crippen LogP contribution in [0.5, 0.6) is 0 Å². The summed E-state index contributed by atoms with van der Waals surface area (Å²) in [6, 6.07) is 2.74. The Hall–Kier alpha value is -2.02. The molecule has 0 fully saturated rings. The largest absolute Gasteiger partial charge is 0.466 e. The van der Waals surface area contributed by atoms with Gasteiger partial charge in [-0.25, -0.2) is 8.78 Å². The first kappa shape index (κ1) is 16.0. The lowest BCUT2D eigenvalue weighted by atomic mass is 10.3. The smallest absolute Gasteiger partial charge is 0.307 e. The van der Waals surface area contributed by atoms with E-state index in [9.17, 15) is 18.4 Å². The van der Waals surface area contributed by atoms with Crippen LogP contribution in [0, 0.1) is 11.6 Å². The lowest BCUT2D eigenvalue weighted by Crippen LogP contribution is -2.30. The molecule has 0 heterocycles. The predicted octanol–water partition coefficient (Wildman–Crippen LogP) is 1.45. The second kappa shape index (κ2) is 8.21. The molecule has 0 aromatic heterocycles. The second-order valence-electron chi connectivity index (χ2n) is 3.94. The van der Waals surface area contributed by atoms with Crippen LogP contribution in [0.3, 0.4) is 0 Å². The molecule has 0 unspecified atom stereocenters. The van der Waals surface area contributed by atoms with Gasteiger partial charge in [0, 0.05) is 18.3 Å². The van der Waals surface area contributed by atoms with Crippen molar-refractivity contribution in [1.82, 2.24) is 5.32 Å². The Balaban J connectivity index is 2.28. The molecule has 0 bridgehead atoms. The Morgan fingerprint density at radius 1 is 1.20 bits per heavy atom. The SMILES string of the molecule is CCOC(=O)CCNCC(=O)Nc1cc(F)cc(F)c1. The van der Waals surface area contributed by atoms with Gasteiger partial charge >= 0.3 is 5.97 Å². The van der Waals surface area contributed by atoms with E-state index in [1.807, 2.05) is 0 Å². The second-order valence-corrected chi connectivity index (χ2v) is 3.94. The third-order valence-corrected chi connectivity index (χ3v) is 2.24. The summed E-state index contributed by atoms with van der Waals surface area (Å²) in [5, 5.41) is 5.06. The summed E-state index contributed by atoms with van der Waals surface area (Å²) in [6.07, 6.45) is 0.149. The number of carbonyl (C=O) groups is 2. The summed E-state index contributed by atoms with van der Waals surface area (Å²) in [5.74, 6) is -2.35. The molecule has 20 heavy (non-hydrogen) atoms. The molecule has 0 saturated heterocycles. The molecule has 0 aliphatic rings. The number of anilines is 1. The minimum atomic E-state index is -0.768. The third kappa shape index (κ3) is 6.24. The average Bonchev–Trinajstić information content (AvgIpc) is 2.33. The van der Waals surface area contributed by atoms with E-state index < -0.39 is 17.5 Å². The molecule has 0 atom stereocenters. The van der Waals surface area contributed by atoms with Crippen molar-refractivity contribution in [2.45, 2.75) is 13.3 Å². The van der Waals surface area contributed by atoms with Gasteiger partial charge in [0.2, 0.25) is 5.91 Å². The highest BCUT2D eigenvalue weighted by Gasteiger charge is 2.06. The minimum absolute atomic E-state index is 0.0414. The Morgan fingerprint density at radius 2 is 1.85 bits per heavy atom. The number of hydrogen-bond donors (Lipinski definition) is 2. The number of nitrogens with one attached hydrogen (secondary N) is 2. The summed E-state index contributed by atoms with van der Waals surface area (Å²) in [6.45, 7) is 2.22. The van der Waals surface area contributed by atoms with Gasteiger partial charge in [0.1, 0.15) is 11.6 Å². The fourth-order valence-electron chi connectivity index (χ4n) is 1.46. The van der Waals surface area contributed by atoms with Crippen LogP contribution in [-0.4, -0.2) is 31.6 Å². The maximum absolute atomic E-state index is 12.9. The van der Waals surface area contributed by atoms with Crippen LogP contribution < -0.4 is 10.6 Å². The molecule has 0 aliphatic carbocycles. The Labute approximate surface area is 115 Å². The van der Waals surface area contributed by atoms with Gasteiger partial charge in [-0.3, -0.25) is 9.59 Å². The fraction of sp³-hybridized carbons (Fsp3) is 0.385. The molecule has 0 spiro atoms. The summed E-state index contributed by atoms with van der Waals surface area (Å²) in [5.41, 5.74) is 0.0414. The predicted molar refractivity (Wildman–Crippen MR) is 69.1 cm³/mol. The van der Waals surface area contributed by atoms with Crippen molar-refractivity contribution in [3.05, 3.63) is 29.8 Å². The van der Waals surface area contributed by atoms with E-state index in [2.05, 4.69) is 10.6 Å². The van der Waals surface area contributed by atoms with Crippen LogP contribution in [-0.2, 0) is 14.3 Å². The molecule has 1 aromatic rings. The Bertz CT molecular complexity index is 460. The van der Waals surface area contributed by atoms with Crippen LogP contribution in [0.4, 0.5) is 14.5 Å². The molecule has 1 aromatic carbocycles. The van der Waals surface area contributed by atoms with E-state index in [-0.39, 0.29) is 31.2 Å². The monoisotopic (exact) mass is 286 g/mol. The van der Waals surface area contributed by atoms with Gasteiger partial charge < -0.3 is 15.4 Å². The summed E-state index contributed by atoms with van der Waals surface area (Å²) < 4.78 is 30.5. The first-order chi connectivity index (χ1) is 9.51. The number of esters is 1. The number of benzene rings is 1. The van der Waals surface area contributed by atoms with Crippen LogP contribution >= 0.6 is 0 Å². The van der Waals surface area contributed by atoms with Gasteiger partial charge in [0.25, 0.3) is 0 Å². The zero-order chi connectivity index (χ0) is 15.0. The van der Waals surface area contributed by atoms with E-state index in [4.69, 9.17) is 4.74 Å².